The first-order valence-electron chi connectivity index (χ1n) is 9.83. The van der Waals surface area contributed by atoms with Gasteiger partial charge in [0.05, 0.1) is 12.6 Å². The van der Waals surface area contributed by atoms with Gasteiger partial charge in [-0.1, -0.05) is 13.0 Å². The van der Waals surface area contributed by atoms with Gasteiger partial charge in [0.25, 0.3) is 0 Å². The number of carbonyl (C=O) groups excluding carboxylic acids is 1. The highest BCUT2D eigenvalue weighted by atomic mass is 16.5. The lowest BCUT2D eigenvalue weighted by molar-refractivity contribution is -0.139. The van der Waals surface area contributed by atoms with Crippen LogP contribution in [0.25, 0.3) is 0 Å². The van der Waals surface area contributed by atoms with Crippen molar-refractivity contribution in [2.75, 3.05) is 18.4 Å². The number of likely N-dealkylation sites (N-methyl/N-ethyl adjacent to an activating group) is 1. The summed E-state index contributed by atoms with van der Waals surface area (Å²) in [6, 6.07) is 7.56. The molecule has 0 radical (unpaired) electrons. The minimum Gasteiger partial charge on any atom is -0.490 e. The molecule has 0 aromatic heterocycles. The summed E-state index contributed by atoms with van der Waals surface area (Å²) in [4.78, 5) is 25.0. The van der Waals surface area contributed by atoms with Crippen molar-refractivity contribution < 1.29 is 19.4 Å². The molecule has 2 saturated carbocycles. The van der Waals surface area contributed by atoms with Gasteiger partial charge in [0.15, 0.2) is 0 Å². The van der Waals surface area contributed by atoms with Crippen LogP contribution in [0, 0.1) is 0 Å². The van der Waals surface area contributed by atoms with Gasteiger partial charge in [0, 0.05) is 23.8 Å². The molecule has 2 amide bonds. The lowest BCUT2D eigenvalue weighted by atomic mass is 9.85. The third kappa shape index (κ3) is 5.60. The topological polar surface area (TPSA) is 90.9 Å². The number of rotatable bonds is 8. The quantitative estimate of drug-likeness (QED) is 0.650. The van der Waals surface area contributed by atoms with E-state index in [4.69, 9.17) is 9.84 Å². The molecule has 0 bridgehead atoms. The molecular formula is C20H29N3O4. The Morgan fingerprint density at radius 2 is 2.00 bits per heavy atom. The number of benzene rings is 1. The van der Waals surface area contributed by atoms with Crippen LogP contribution in [-0.4, -0.2) is 53.3 Å². The molecule has 2 fully saturated rings. The van der Waals surface area contributed by atoms with E-state index in [-0.39, 0.29) is 30.8 Å². The second kappa shape index (κ2) is 9.08. The molecule has 0 atom stereocenters. The van der Waals surface area contributed by atoms with E-state index in [9.17, 15) is 9.59 Å². The fourth-order valence-corrected chi connectivity index (χ4v) is 3.88. The maximum atomic E-state index is 12.2. The SMILES string of the molecule is CCN(CC(=O)O)C1CC(NC(=O)Nc2cccc(OC3CCCC3)c2)C1. The van der Waals surface area contributed by atoms with Crippen molar-refractivity contribution in [1.29, 1.82) is 0 Å². The second-order valence-corrected chi connectivity index (χ2v) is 7.43. The molecule has 3 rings (SSSR count). The molecule has 0 aliphatic heterocycles. The number of carboxylic acids is 1. The van der Waals surface area contributed by atoms with Crippen molar-refractivity contribution in [2.24, 2.45) is 0 Å². The van der Waals surface area contributed by atoms with E-state index in [0.717, 1.165) is 31.4 Å². The largest absolute Gasteiger partial charge is 0.490 e. The maximum absolute atomic E-state index is 12.2. The Morgan fingerprint density at radius 1 is 1.26 bits per heavy atom. The average molecular weight is 375 g/mol. The standard InChI is InChI=1S/C20H29N3O4/c1-2-23(13-19(24)25)16-10-15(11-16)22-20(26)21-14-6-5-9-18(12-14)27-17-7-3-4-8-17/h5-6,9,12,15-17H,2-4,7-8,10-11,13H2,1H3,(H,24,25)(H2,21,22,26). The molecule has 1 aromatic carbocycles. The first-order chi connectivity index (χ1) is 13.0. The van der Waals surface area contributed by atoms with Crippen LogP contribution in [0.1, 0.15) is 45.4 Å². The van der Waals surface area contributed by atoms with E-state index >= 15 is 0 Å². The van der Waals surface area contributed by atoms with Gasteiger partial charge in [-0.05, 0) is 57.2 Å². The average Bonchev–Trinajstić information content (AvgIpc) is 3.09. The lowest BCUT2D eigenvalue weighted by Crippen LogP contribution is -2.55. The predicted octanol–water partition coefficient (Wildman–Crippen LogP) is 3.07. The molecule has 7 heteroatoms. The molecule has 0 spiro atoms. The van der Waals surface area contributed by atoms with Gasteiger partial charge in [-0.25, -0.2) is 4.79 Å². The highest BCUT2D eigenvalue weighted by molar-refractivity contribution is 5.89. The Balaban J connectivity index is 1.43. The molecule has 0 saturated heterocycles. The molecule has 2 aliphatic rings. The summed E-state index contributed by atoms with van der Waals surface area (Å²) in [5, 5.41) is 14.8. The van der Waals surface area contributed by atoms with Gasteiger partial charge in [-0.3, -0.25) is 9.69 Å². The van der Waals surface area contributed by atoms with Gasteiger partial charge < -0.3 is 20.5 Å². The summed E-state index contributed by atoms with van der Waals surface area (Å²) >= 11 is 0. The zero-order valence-corrected chi connectivity index (χ0v) is 15.8. The van der Waals surface area contributed by atoms with Gasteiger partial charge in [-0.15, -0.1) is 0 Å². The maximum Gasteiger partial charge on any atom is 0.319 e. The number of carboxylic acid groups (broad SMARTS) is 1. The summed E-state index contributed by atoms with van der Waals surface area (Å²) in [6.07, 6.45) is 6.46. The number of carbonyl (C=O) groups is 2. The van der Waals surface area contributed by atoms with Gasteiger partial charge in [0.2, 0.25) is 0 Å². The van der Waals surface area contributed by atoms with Crippen LogP contribution in [0.15, 0.2) is 24.3 Å². The number of amides is 2. The molecule has 1 aromatic rings. The summed E-state index contributed by atoms with van der Waals surface area (Å²) in [5.41, 5.74) is 0.708. The fourth-order valence-electron chi connectivity index (χ4n) is 3.88. The molecule has 0 heterocycles. The number of ether oxygens (including phenoxy) is 1. The van der Waals surface area contributed by atoms with E-state index in [1.165, 1.54) is 12.8 Å². The summed E-state index contributed by atoms with van der Waals surface area (Å²) < 4.78 is 5.97. The van der Waals surface area contributed by atoms with Gasteiger partial charge in [-0.2, -0.15) is 0 Å². The lowest BCUT2D eigenvalue weighted by Gasteiger charge is -2.42. The van der Waals surface area contributed by atoms with Crippen molar-refractivity contribution >= 4 is 17.7 Å². The normalized spacial score (nSPS) is 22.3. The Kier molecular flexibility index (Phi) is 6.55. The van der Waals surface area contributed by atoms with Gasteiger partial charge >= 0.3 is 12.0 Å². The summed E-state index contributed by atoms with van der Waals surface area (Å²) in [6.45, 7) is 2.70. The van der Waals surface area contributed by atoms with Crippen molar-refractivity contribution in [3.63, 3.8) is 0 Å². The van der Waals surface area contributed by atoms with E-state index in [1.54, 1.807) is 0 Å². The predicted molar refractivity (Wildman–Crippen MR) is 103 cm³/mol. The Labute approximate surface area is 160 Å². The third-order valence-electron chi connectivity index (χ3n) is 5.41. The Hall–Kier alpha value is -2.28. The minimum absolute atomic E-state index is 0.0495. The zero-order chi connectivity index (χ0) is 19.2. The molecule has 148 valence electrons. The second-order valence-electron chi connectivity index (χ2n) is 7.43. The van der Waals surface area contributed by atoms with Crippen molar-refractivity contribution in [3.05, 3.63) is 24.3 Å². The number of nitrogens with zero attached hydrogens (tertiary/aromatic N) is 1. The van der Waals surface area contributed by atoms with Crippen molar-refractivity contribution in [1.82, 2.24) is 10.2 Å². The Bertz CT molecular complexity index is 654. The van der Waals surface area contributed by atoms with Crippen LogP contribution in [-0.2, 0) is 4.79 Å². The van der Waals surface area contributed by atoms with Crippen LogP contribution in [0.2, 0.25) is 0 Å². The van der Waals surface area contributed by atoms with E-state index in [1.807, 2.05) is 36.1 Å². The third-order valence-corrected chi connectivity index (χ3v) is 5.41. The van der Waals surface area contributed by atoms with Gasteiger partial charge in [0.1, 0.15) is 5.75 Å². The molecule has 3 N–H and O–H groups in total. The monoisotopic (exact) mass is 375 g/mol. The number of urea groups is 1. The number of anilines is 1. The van der Waals surface area contributed by atoms with Crippen LogP contribution in [0.4, 0.5) is 10.5 Å². The molecule has 2 aliphatic carbocycles. The smallest absolute Gasteiger partial charge is 0.319 e. The minimum atomic E-state index is -0.814. The summed E-state index contributed by atoms with van der Waals surface area (Å²) in [7, 11) is 0. The van der Waals surface area contributed by atoms with Crippen LogP contribution in [0.5, 0.6) is 5.75 Å². The van der Waals surface area contributed by atoms with Crippen LogP contribution >= 0.6 is 0 Å². The number of nitrogens with one attached hydrogen (secondary N) is 2. The van der Waals surface area contributed by atoms with Crippen LogP contribution in [0.3, 0.4) is 0 Å². The number of hydrogen-bond donors (Lipinski definition) is 3. The molecule has 7 nitrogen and oxygen atoms in total. The van der Waals surface area contributed by atoms with E-state index in [2.05, 4.69) is 10.6 Å². The van der Waals surface area contributed by atoms with E-state index in [0.29, 0.717) is 12.2 Å². The number of hydrogen-bond acceptors (Lipinski definition) is 4. The Morgan fingerprint density at radius 3 is 2.67 bits per heavy atom. The first kappa shape index (κ1) is 19.5. The molecule has 27 heavy (non-hydrogen) atoms. The first-order valence-corrected chi connectivity index (χ1v) is 9.83. The zero-order valence-electron chi connectivity index (χ0n) is 15.8. The highest BCUT2D eigenvalue weighted by Gasteiger charge is 2.34. The number of aliphatic carboxylic acids is 1. The van der Waals surface area contributed by atoms with Crippen molar-refractivity contribution in [2.45, 2.75) is 63.6 Å². The molecular weight excluding hydrogens is 346 g/mol. The highest BCUT2D eigenvalue weighted by Crippen LogP contribution is 2.27. The summed E-state index contributed by atoms with van der Waals surface area (Å²) in [5.74, 6) is -0.0265. The van der Waals surface area contributed by atoms with Crippen LogP contribution < -0.4 is 15.4 Å². The van der Waals surface area contributed by atoms with E-state index < -0.39 is 5.97 Å². The fraction of sp³-hybridized carbons (Fsp3) is 0.600. The van der Waals surface area contributed by atoms with Crippen molar-refractivity contribution in [3.8, 4) is 5.75 Å². The molecule has 0 unspecified atom stereocenters.